The minimum Gasteiger partial charge on any atom is -0.496 e. The van der Waals surface area contributed by atoms with Crippen LogP contribution in [0.15, 0.2) is 60.3 Å². The Morgan fingerprint density at radius 1 is 1.31 bits per heavy atom. The number of halogens is 1. The number of nitrogens with one attached hydrogen (secondary N) is 1. The first-order valence-corrected chi connectivity index (χ1v) is 10.3. The van der Waals surface area contributed by atoms with Gasteiger partial charge in [-0.3, -0.25) is 9.36 Å². The average molecular weight is 429 g/mol. The van der Waals surface area contributed by atoms with E-state index in [9.17, 15) is 4.79 Å². The maximum absolute atomic E-state index is 12.4. The van der Waals surface area contributed by atoms with Crippen LogP contribution < -0.4 is 10.1 Å². The summed E-state index contributed by atoms with van der Waals surface area (Å²) in [5.41, 5.74) is 2.54. The van der Waals surface area contributed by atoms with Crippen LogP contribution >= 0.6 is 23.4 Å². The van der Waals surface area contributed by atoms with E-state index in [1.807, 2.05) is 35.8 Å². The molecule has 0 aliphatic rings. The highest BCUT2D eigenvalue weighted by molar-refractivity contribution is 7.99. The van der Waals surface area contributed by atoms with E-state index < -0.39 is 0 Å². The van der Waals surface area contributed by atoms with Crippen molar-refractivity contribution >= 4 is 35.0 Å². The Labute approximate surface area is 178 Å². The van der Waals surface area contributed by atoms with Gasteiger partial charge >= 0.3 is 0 Å². The van der Waals surface area contributed by atoms with Crippen molar-refractivity contribution < 1.29 is 9.53 Å². The number of para-hydroxylation sites is 1. The molecule has 0 saturated carbocycles. The smallest absolute Gasteiger partial charge is 0.234 e. The summed E-state index contributed by atoms with van der Waals surface area (Å²) in [4.78, 5) is 12.4. The third kappa shape index (κ3) is 4.99. The number of aryl methyl sites for hydroxylation is 1. The van der Waals surface area contributed by atoms with Crippen molar-refractivity contribution in [1.29, 1.82) is 0 Å². The molecule has 1 aromatic heterocycles. The number of methoxy groups -OCH3 is 1. The van der Waals surface area contributed by atoms with E-state index in [1.165, 1.54) is 11.8 Å². The molecular weight excluding hydrogens is 408 g/mol. The Balaban J connectivity index is 1.80. The Kier molecular flexibility index (Phi) is 6.95. The number of aromatic nitrogens is 3. The molecule has 0 fully saturated rings. The zero-order valence-corrected chi connectivity index (χ0v) is 17.8. The van der Waals surface area contributed by atoms with Crippen molar-refractivity contribution in [1.82, 2.24) is 14.8 Å². The predicted octanol–water partition coefficient (Wildman–Crippen LogP) is 4.83. The van der Waals surface area contributed by atoms with Crippen molar-refractivity contribution in [3.05, 3.63) is 65.7 Å². The maximum atomic E-state index is 12.4. The Morgan fingerprint density at radius 3 is 2.83 bits per heavy atom. The van der Waals surface area contributed by atoms with Crippen LogP contribution in [0.3, 0.4) is 0 Å². The number of ether oxygens (including phenoxy) is 1. The van der Waals surface area contributed by atoms with E-state index in [-0.39, 0.29) is 11.7 Å². The van der Waals surface area contributed by atoms with Crippen LogP contribution in [0.2, 0.25) is 5.02 Å². The van der Waals surface area contributed by atoms with Crippen molar-refractivity contribution in [2.75, 3.05) is 18.2 Å². The highest BCUT2D eigenvalue weighted by atomic mass is 35.5. The summed E-state index contributed by atoms with van der Waals surface area (Å²) < 4.78 is 7.32. The lowest BCUT2D eigenvalue weighted by molar-refractivity contribution is -0.113. The topological polar surface area (TPSA) is 69.0 Å². The second kappa shape index (κ2) is 9.62. The highest BCUT2D eigenvalue weighted by Crippen LogP contribution is 2.33. The lowest BCUT2D eigenvalue weighted by Crippen LogP contribution is -2.15. The van der Waals surface area contributed by atoms with Gasteiger partial charge in [-0.25, -0.2) is 0 Å². The van der Waals surface area contributed by atoms with Gasteiger partial charge in [0.2, 0.25) is 5.91 Å². The number of hydrogen-bond donors (Lipinski definition) is 1. The fourth-order valence-electron chi connectivity index (χ4n) is 2.77. The molecule has 2 aromatic carbocycles. The molecule has 6 nitrogen and oxygen atoms in total. The van der Waals surface area contributed by atoms with E-state index in [4.69, 9.17) is 16.3 Å². The summed E-state index contributed by atoms with van der Waals surface area (Å²) in [5, 5.41) is 12.7. The van der Waals surface area contributed by atoms with Gasteiger partial charge in [-0.15, -0.1) is 16.8 Å². The third-order valence-electron chi connectivity index (χ3n) is 4.18. The Morgan fingerprint density at radius 2 is 2.10 bits per heavy atom. The van der Waals surface area contributed by atoms with Gasteiger partial charge in [0, 0.05) is 17.3 Å². The number of anilines is 1. The number of thioether (sulfide) groups is 1. The molecule has 0 atom stereocenters. The molecule has 3 aromatic rings. The maximum Gasteiger partial charge on any atom is 0.234 e. The predicted molar refractivity (Wildman–Crippen MR) is 118 cm³/mol. The Bertz CT molecular complexity index is 1040. The quantitative estimate of drug-likeness (QED) is 0.411. The van der Waals surface area contributed by atoms with E-state index in [2.05, 4.69) is 22.1 Å². The standard InChI is InChI=1S/C21H21ClN4O2S/c1-4-11-26-20(16-12-15(22)9-10-18(16)28-3)24-25-21(26)29-13-19(27)23-17-8-6-5-7-14(17)2/h4-10,12H,1,11,13H2,2-3H3,(H,23,27). The molecule has 1 amide bonds. The fraction of sp³-hybridized carbons (Fsp3) is 0.190. The van der Waals surface area contributed by atoms with Gasteiger partial charge in [0.1, 0.15) is 5.75 Å². The molecule has 0 spiro atoms. The summed E-state index contributed by atoms with van der Waals surface area (Å²) >= 11 is 7.47. The fourth-order valence-corrected chi connectivity index (χ4v) is 3.69. The van der Waals surface area contributed by atoms with E-state index >= 15 is 0 Å². The first-order valence-electron chi connectivity index (χ1n) is 8.89. The van der Waals surface area contributed by atoms with Gasteiger partial charge in [-0.05, 0) is 36.8 Å². The van der Waals surface area contributed by atoms with Gasteiger partial charge < -0.3 is 10.1 Å². The number of rotatable bonds is 8. The molecule has 0 radical (unpaired) electrons. The lowest BCUT2D eigenvalue weighted by Gasteiger charge is -2.11. The molecule has 0 unspecified atom stereocenters. The number of nitrogens with zero attached hydrogens (tertiary/aromatic N) is 3. The largest absolute Gasteiger partial charge is 0.496 e. The summed E-state index contributed by atoms with van der Waals surface area (Å²) in [6, 6.07) is 13.0. The first-order chi connectivity index (χ1) is 14.0. The zero-order chi connectivity index (χ0) is 20.8. The second-order valence-electron chi connectivity index (χ2n) is 6.20. The van der Waals surface area contributed by atoms with Crippen LogP contribution in [0.5, 0.6) is 5.75 Å². The summed E-state index contributed by atoms with van der Waals surface area (Å²) in [5.74, 6) is 1.34. The van der Waals surface area contributed by atoms with Gasteiger partial charge in [-0.1, -0.05) is 47.6 Å². The van der Waals surface area contributed by atoms with Crippen molar-refractivity contribution in [3.63, 3.8) is 0 Å². The number of allylic oxidation sites excluding steroid dienone is 1. The monoisotopic (exact) mass is 428 g/mol. The Hall–Kier alpha value is -2.77. The third-order valence-corrected chi connectivity index (χ3v) is 5.38. The molecule has 0 saturated heterocycles. The molecule has 3 rings (SSSR count). The molecule has 0 bridgehead atoms. The summed E-state index contributed by atoms with van der Waals surface area (Å²) in [6.07, 6.45) is 1.75. The van der Waals surface area contributed by atoms with Gasteiger partial charge in [0.15, 0.2) is 11.0 Å². The molecule has 0 aliphatic heterocycles. The molecular formula is C21H21ClN4O2S. The number of carbonyl (C=O) groups excluding carboxylic acids is 1. The SMILES string of the molecule is C=CCn1c(SCC(=O)Nc2ccccc2C)nnc1-c1cc(Cl)ccc1OC. The molecule has 1 N–H and O–H groups in total. The zero-order valence-electron chi connectivity index (χ0n) is 16.2. The average Bonchev–Trinajstić information content (AvgIpc) is 3.11. The van der Waals surface area contributed by atoms with Crippen molar-refractivity contribution in [2.45, 2.75) is 18.6 Å². The highest BCUT2D eigenvalue weighted by Gasteiger charge is 2.18. The van der Waals surface area contributed by atoms with Gasteiger partial charge in [-0.2, -0.15) is 0 Å². The summed E-state index contributed by atoms with van der Waals surface area (Å²) in [6.45, 7) is 6.25. The minimum absolute atomic E-state index is 0.112. The van der Waals surface area contributed by atoms with Crippen LogP contribution in [-0.2, 0) is 11.3 Å². The van der Waals surface area contributed by atoms with E-state index in [0.717, 1.165) is 16.8 Å². The van der Waals surface area contributed by atoms with Gasteiger partial charge in [0.05, 0.1) is 18.4 Å². The van der Waals surface area contributed by atoms with E-state index in [1.54, 1.807) is 31.4 Å². The summed E-state index contributed by atoms with van der Waals surface area (Å²) in [7, 11) is 1.59. The van der Waals surface area contributed by atoms with Crippen LogP contribution in [0.4, 0.5) is 5.69 Å². The molecule has 0 aliphatic carbocycles. The van der Waals surface area contributed by atoms with Gasteiger partial charge in [0.25, 0.3) is 0 Å². The molecule has 1 heterocycles. The molecule has 8 heteroatoms. The van der Waals surface area contributed by atoms with Crippen LogP contribution in [0.25, 0.3) is 11.4 Å². The second-order valence-corrected chi connectivity index (χ2v) is 7.58. The molecule has 29 heavy (non-hydrogen) atoms. The molecule has 150 valence electrons. The number of hydrogen-bond acceptors (Lipinski definition) is 5. The van der Waals surface area contributed by atoms with Crippen LogP contribution in [-0.4, -0.2) is 33.5 Å². The number of benzene rings is 2. The first kappa shape index (κ1) is 21.0. The van der Waals surface area contributed by atoms with Crippen LogP contribution in [0.1, 0.15) is 5.56 Å². The number of carbonyl (C=O) groups is 1. The van der Waals surface area contributed by atoms with Crippen LogP contribution in [0, 0.1) is 6.92 Å². The normalized spacial score (nSPS) is 10.6. The van der Waals surface area contributed by atoms with E-state index in [0.29, 0.717) is 28.3 Å². The number of amides is 1. The van der Waals surface area contributed by atoms with Crippen molar-refractivity contribution in [2.24, 2.45) is 0 Å². The minimum atomic E-state index is -0.112. The van der Waals surface area contributed by atoms with Crippen molar-refractivity contribution in [3.8, 4) is 17.1 Å². The lowest BCUT2D eigenvalue weighted by atomic mass is 10.2.